The molecule has 1 amide bonds. The summed E-state index contributed by atoms with van der Waals surface area (Å²) in [5, 5.41) is 24.3. The zero-order valence-electron chi connectivity index (χ0n) is 15.4. The maximum Gasteiger partial charge on any atom is 0.274 e. The number of hydrogen-bond acceptors (Lipinski definition) is 6. The van der Waals surface area contributed by atoms with E-state index in [2.05, 4.69) is 21.7 Å². The molecule has 0 bridgehead atoms. The molecule has 2 aromatic rings. The lowest BCUT2D eigenvalue weighted by atomic mass is 9.95. The number of nitrogens with zero attached hydrogens (tertiary/aromatic N) is 2. The minimum Gasteiger partial charge on any atom is -0.501 e. The third-order valence-electron chi connectivity index (χ3n) is 4.38. The van der Waals surface area contributed by atoms with Crippen molar-refractivity contribution < 1.29 is 14.6 Å². The molecular weight excluding hydrogens is 356 g/mol. The van der Waals surface area contributed by atoms with E-state index in [1.807, 2.05) is 12.1 Å². The molecular formula is C21H22N4O3. The van der Waals surface area contributed by atoms with E-state index in [9.17, 15) is 10.1 Å². The SMILES string of the molecule is N#Cc1c(NC(=O)c2ccc(CNCCO)cn2)cccc1C1=COCCC1. The van der Waals surface area contributed by atoms with Gasteiger partial charge in [0.2, 0.25) is 0 Å². The first-order valence-electron chi connectivity index (χ1n) is 9.15. The predicted octanol–water partition coefficient (Wildman–Crippen LogP) is 2.44. The quantitative estimate of drug-likeness (QED) is 0.639. The molecule has 1 aromatic heterocycles. The van der Waals surface area contributed by atoms with Gasteiger partial charge in [-0.3, -0.25) is 9.78 Å². The van der Waals surface area contributed by atoms with Crippen LogP contribution in [0.2, 0.25) is 0 Å². The third kappa shape index (κ3) is 4.74. The summed E-state index contributed by atoms with van der Waals surface area (Å²) in [5.74, 6) is -0.377. The number of aliphatic hydroxyl groups excluding tert-OH is 1. The van der Waals surface area contributed by atoms with Gasteiger partial charge in [0.15, 0.2) is 0 Å². The molecule has 1 aliphatic rings. The summed E-state index contributed by atoms with van der Waals surface area (Å²) in [4.78, 5) is 16.8. The first kappa shape index (κ1) is 19.5. The second-order valence-electron chi connectivity index (χ2n) is 6.36. The number of rotatable bonds is 7. The Labute approximate surface area is 163 Å². The summed E-state index contributed by atoms with van der Waals surface area (Å²) in [6.07, 6.45) is 5.04. The van der Waals surface area contributed by atoms with Crippen molar-refractivity contribution in [3.8, 4) is 6.07 Å². The van der Waals surface area contributed by atoms with Gasteiger partial charge in [0, 0.05) is 24.8 Å². The topological polar surface area (TPSA) is 107 Å². The van der Waals surface area contributed by atoms with Crippen molar-refractivity contribution in [1.29, 1.82) is 5.26 Å². The predicted molar refractivity (Wildman–Crippen MR) is 105 cm³/mol. The maximum atomic E-state index is 12.6. The van der Waals surface area contributed by atoms with E-state index in [0.717, 1.165) is 29.5 Å². The van der Waals surface area contributed by atoms with Gasteiger partial charge in [-0.1, -0.05) is 18.2 Å². The number of amides is 1. The minimum absolute atomic E-state index is 0.0667. The van der Waals surface area contributed by atoms with Crippen molar-refractivity contribution >= 4 is 17.2 Å². The van der Waals surface area contributed by atoms with E-state index in [1.54, 1.807) is 30.7 Å². The molecule has 28 heavy (non-hydrogen) atoms. The van der Waals surface area contributed by atoms with Crippen molar-refractivity contribution in [2.24, 2.45) is 0 Å². The molecule has 1 aliphatic heterocycles. The van der Waals surface area contributed by atoms with E-state index in [1.165, 1.54) is 0 Å². The number of anilines is 1. The first-order chi connectivity index (χ1) is 13.7. The van der Waals surface area contributed by atoms with Gasteiger partial charge in [0.05, 0.1) is 30.7 Å². The van der Waals surface area contributed by atoms with Gasteiger partial charge in [0.25, 0.3) is 5.91 Å². The lowest BCUT2D eigenvalue weighted by molar-refractivity contribution is 0.102. The van der Waals surface area contributed by atoms with Crippen LogP contribution in [0.15, 0.2) is 42.8 Å². The van der Waals surface area contributed by atoms with Crippen LogP contribution in [-0.2, 0) is 11.3 Å². The Bertz CT molecular complexity index is 901. The maximum absolute atomic E-state index is 12.6. The van der Waals surface area contributed by atoms with Gasteiger partial charge in [0.1, 0.15) is 11.8 Å². The number of pyridine rings is 1. The Morgan fingerprint density at radius 2 is 2.21 bits per heavy atom. The molecule has 0 radical (unpaired) electrons. The number of ether oxygens (including phenoxy) is 1. The van der Waals surface area contributed by atoms with Crippen LogP contribution in [0.1, 0.15) is 40.0 Å². The molecule has 0 unspecified atom stereocenters. The van der Waals surface area contributed by atoms with Gasteiger partial charge in [-0.2, -0.15) is 5.26 Å². The van der Waals surface area contributed by atoms with Crippen LogP contribution in [0.25, 0.3) is 5.57 Å². The fourth-order valence-corrected chi connectivity index (χ4v) is 2.97. The van der Waals surface area contributed by atoms with Gasteiger partial charge >= 0.3 is 0 Å². The molecule has 3 rings (SSSR count). The second kappa shape index (κ2) is 9.65. The number of carbonyl (C=O) groups excluding carboxylic acids is 1. The summed E-state index contributed by atoms with van der Waals surface area (Å²) in [5.41, 5.74) is 3.77. The zero-order valence-corrected chi connectivity index (χ0v) is 15.4. The smallest absolute Gasteiger partial charge is 0.274 e. The lowest BCUT2D eigenvalue weighted by Crippen LogP contribution is -2.18. The van der Waals surface area contributed by atoms with Crippen molar-refractivity contribution in [1.82, 2.24) is 10.3 Å². The monoisotopic (exact) mass is 378 g/mol. The minimum atomic E-state index is -0.377. The number of allylic oxidation sites excluding steroid dienone is 1. The van der Waals surface area contributed by atoms with Crippen LogP contribution < -0.4 is 10.6 Å². The van der Waals surface area contributed by atoms with E-state index in [4.69, 9.17) is 9.84 Å². The summed E-state index contributed by atoms with van der Waals surface area (Å²) in [6, 6.07) is 11.0. The third-order valence-corrected chi connectivity index (χ3v) is 4.38. The van der Waals surface area contributed by atoms with Crippen molar-refractivity contribution in [3.05, 3.63) is 65.2 Å². The number of aromatic nitrogens is 1. The lowest BCUT2D eigenvalue weighted by Gasteiger charge is -2.16. The highest BCUT2D eigenvalue weighted by Crippen LogP contribution is 2.30. The van der Waals surface area contributed by atoms with E-state index in [0.29, 0.717) is 30.9 Å². The van der Waals surface area contributed by atoms with E-state index < -0.39 is 0 Å². The van der Waals surface area contributed by atoms with Crippen LogP contribution in [0.4, 0.5) is 5.69 Å². The van der Waals surface area contributed by atoms with E-state index >= 15 is 0 Å². The molecule has 0 spiro atoms. The van der Waals surface area contributed by atoms with Crippen LogP contribution in [0.3, 0.4) is 0 Å². The van der Waals surface area contributed by atoms with Crippen LogP contribution >= 0.6 is 0 Å². The van der Waals surface area contributed by atoms with Gasteiger partial charge in [-0.15, -0.1) is 0 Å². The van der Waals surface area contributed by atoms with Crippen LogP contribution in [-0.4, -0.2) is 35.8 Å². The molecule has 0 aliphatic carbocycles. The molecule has 0 atom stereocenters. The average molecular weight is 378 g/mol. The Morgan fingerprint density at radius 1 is 1.32 bits per heavy atom. The van der Waals surface area contributed by atoms with Gasteiger partial charge < -0.3 is 20.5 Å². The Morgan fingerprint density at radius 3 is 2.89 bits per heavy atom. The number of aliphatic hydroxyl groups is 1. The number of hydrogen-bond donors (Lipinski definition) is 3. The summed E-state index contributed by atoms with van der Waals surface area (Å²) in [7, 11) is 0. The number of carbonyl (C=O) groups is 1. The number of nitrogens with one attached hydrogen (secondary N) is 2. The highest BCUT2D eigenvalue weighted by molar-refractivity contribution is 6.04. The fraction of sp³-hybridized carbons (Fsp3) is 0.286. The van der Waals surface area contributed by atoms with Gasteiger partial charge in [-0.05, 0) is 36.1 Å². The number of nitriles is 1. The molecule has 7 nitrogen and oxygen atoms in total. The molecule has 0 saturated heterocycles. The van der Waals surface area contributed by atoms with Crippen molar-refractivity contribution in [2.75, 3.05) is 25.1 Å². The average Bonchev–Trinajstić information content (AvgIpc) is 2.75. The normalized spacial score (nSPS) is 13.2. The van der Waals surface area contributed by atoms with Crippen molar-refractivity contribution in [3.63, 3.8) is 0 Å². The van der Waals surface area contributed by atoms with Crippen molar-refractivity contribution in [2.45, 2.75) is 19.4 Å². The molecule has 144 valence electrons. The zero-order chi connectivity index (χ0) is 19.8. The molecule has 0 fully saturated rings. The first-order valence-corrected chi connectivity index (χ1v) is 9.15. The summed E-state index contributed by atoms with van der Waals surface area (Å²) in [6.45, 7) is 1.81. The second-order valence-corrected chi connectivity index (χ2v) is 6.36. The Balaban J connectivity index is 1.75. The summed E-state index contributed by atoms with van der Waals surface area (Å²) >= 11 is 0. The Kier molecular flexibility index (Phi) is 6.73. The molecule has 3 N–H and O–H groups in total. The van der Waals surface area contributed by atoms with Crippen LogP contribution in [0, 0.1) is 11.3 Å². The number of benzene rings is 1. The van der Waals surface area contributed by atoms with E-state index in [-0.39, 0.29) is 18.2 Å². The molecule has 0 saturated carbocycles. The van der Waals surface area contributed by atoms with Crippen LogP contribution in [0.5, 0.6) is 0 Å². The van der Waals surface area contributed by atoms with Gasteiger partial charge in [-0.25, -0.2) is 0 Å². The molecule has 2 heterocycles. The largest absolute Gasteiger partial charge is 0.501 e. The summed E-state index contributed by atoms with van der Waals surface area (Å²) < 4.78 is 5.38. The molecule has 7 heteroatoms. The standard InChI is InChI=1S/C21H22N4O3/c22-11-18-17(16-3-2-10-28-14-16)4-1-5-19(18)25-21(27)20-7-6-15(13-24-20)12-23-8-9-26/h1,4-7,13-14,23,26H,2-3,8-10,12H2,(H,25,27). The molecule has 1 aromatic carbocycles. The highest BCUT2D eigenvalue weighted by atomic mass is 16.5. The highest BCUT2D eigenvalue weighted by Gasteiger charge is 2.17. The Hall–Kier alpha value is -3.21. The fourth-order valence-electron chi connectivity index (χ4n) is 2.97.